The number of carbonyl (C=O) groups is 1. The second kappa shape index (κ2) is 10.6. The van der Waals surface area contributed by atoms with Crippen LogP contribution >= 0.6 is 24.8 Å². The molecule has 2 saturated heterocycles. The topological polar surface area (TPSA) is 66.3 Å². The molecule has 2 aliphatic rings. The highest BCUT2D eigenvalue weighted by Gasteiger charge is 2.24. The lowest BCUT2D eigenvalue weighted by atomic mass is 9.96. The first-order valence-corrected chi connectivity index (χ1v) is 9.47. The van der Waals surface area contributed by atoms with E-state index < -0.39 is 0 Å². The third-order valence-electron chi connectivity index (χ3n) is 5.36. The lowest BCUT2D eigenvalue weighted by Crippen LogP contribution is -2.50. The van der Waals surface area contributed by atoms with Crippen LogP contribution in [0.1, 0.15) is 24.5 Å². The molecule has 1 N–H and O–H groups in total. The summed E-state index contributed by atoms with van der Waals surface area (Å²) >= 11 is 0. The molecule has 1 atom stereocenters. The van der Waals surface area contributed by atoms with Crippen LogP contribution in [0.4, 0.5) is 5.82 Å². The number of rotatable bonds is 4. The largest absolute Gasteiger partial charge is 0.353 e. The number of anilines is 1. The van der Waals surface area contributed by atoms with E-state index in [0.29, 0.717) is 12.5 Å². The number of halogens is 2. The van der Waals surface area contributed by atoms with Crippen molar-refractivity contribution in [2.45, 2.75) is 25.3 Å². The molecule has 154 valence electrons. The van der Waals surface area contributed by atoms with Crippen molar-refractivity contribution in [2.24, 2.45) is 0 Å². The number of aromatic nitrogens is 3. The van der Waals surface area contributed by atoms with Gasteiger partial charge in [0, 0.05) is 56.7 Å². The SMILES string of the molecule is Cl.Cl.O=C(Cn1nccc1C1CCCNC1)N1CCN(c2ccccn2)CC1. The first-order valence-electron chi connectivity index (χ1n) is 9.47. The minimum absolute atomic E-state index is 0. The number of nitrogens with one attached hydrogen (secondary N) is 1. The molecule has 7 nitrogen and oxygen atoms in total. The van der Waals surface area contributed by atoms with Crippen LogP contribution in [-0.2, 0) is 11.3 Å². The van der Waals surface area contributed by atoms with E-state index in [2.05, 4.69) is 26.4 Å². The number of pyridine rings is 1. The van der Waals surface area contributed by atoms with Crippen LogP contribution in [0.3, 0.4) is 0 Å². The van der Waals surface area contributed by atoms with Gasteiger partial charge in [0.25, 0.3) is 0 Å². The molecule has 0 aromatic carbocycles. The molecule has 0 spiro atoms. The van der Waals surface area contributed by atoms with E-state index in [1.54, 1.807) is 0 Å². The Hall–Kier alpha value is -1.83. The number of nitrogens with zero attached hydrogens (tertiary/aromatic N) is 5. The van der Waals surface area contributed by atoms with Gasteiger partial charge in [-0.1, -0.05) is 6.07 Å². The molecule has 0 radical (unpaired) electrons. The summed E-state index contributed by atoms with van der Waals surface area (Å²) in [5.41, 5.74) is 1.18. The van der Waals surface area contributed by atoms with Crippen molar-refractivity contribution < 1.29 is 4.79 Å². The number of carbonyl (C=O) groups excluding carboxylic acids is 1. The van der Waals surface area contributed by atoms with E-state index in [9.17, 15) is 4.79 Å². The van der Waals surface area contributed by atoms with E-state index in [4.69, 9.17) is 0 Å². The number of hydrogen-bond acceptors (Lipinski definition) is 5. The maximum atomic E-state index is 12.8. The van der Waals surface area contributed by atoms with E-state index in [0.717, 1.165) is 51.5 Å². The van der Waals surface area contributed by atoms with Crippen molar-refractivity contribution in [3.63, 3.8) is 0 Å². The number of hydrogen-bond donors (Lipinski definition) is 1. The van der Waals surface area contributed by atoms with Crippen LogP contribution in [0.25, 0.3) is 0 Å². The van der Waals surface area contributed by atoms with E-state index in [-0.39, 0.29) is 30.7 Å². The molecule has 0 saturated carbocycles. The zero-order chi connectivity index (χ0) is 17.8. The van der Waals surface area contributed by atoms with Gasteiger partial charge in [0.05, 0.1) is 0 Å². The molecular weight excluding hydrogens is 399 g/mol. The van der Waals surface area contributed by atoms with Crippen molar-refractivity contribution in [1.29, 1.82) is 0 Å². The molecule has 1 unspecified atom stereocenters. The first-order chi connectivity index (χ1) is 12.8. The number of piperidine rings is 1. The van der Waals surface area contributed by atoms with E-state index >= 15 is 0 Å². The fourth-order valence-corrected chi connectivity index (χ4v) is 3.88. The Morgan fingerprint density at radius 3 is 2.61 bits per heavy atom. The maximum absolute atomic E-state index is 12.8. The summed E-state index contributed by atoms with van der Waals surface area (Å²) in [6.45, 7) is 5.51. The van der Waals surface area contributed by atoms with Gasteiger partial charge in [-0.3, -0.25) is 9.48 Å². The smallest absolute Gasteiger partial charge is 0.244 e. The Labute approximate surface area is 178 Å². The summed E-state index contributed by atoms with van der Waals surface area (Å²) in [6.07, 6.45) is 5.97. The molecule has 4 rings (SSSR count). The van der Waals surface area contributed by atoms with Crippen molar-refractivity contribution >= 4 is 36.5 Å². The van der Waals surface area contributed by atoms with Gasteiger partial charge in [-0.2, -0.15) is 5.10 Å². The number of piperazine rings is 1. The molecule has 0 bridgehead atoms. The standard InChI is InChI=1S/C19H26N6O.2ClH/c26-19(15-25-17(6-9-22-25)16-4-3-7-20-14-16)24-12-10-23(11-13-24)18-5-1-2-8-21-18;;/h1-2,5-6,8-9,16,20H,3-4,7,10-15H2;2*1H. The number of amides is 1. The molecule has 2 aliphatic heterocycles. The summed E-state index contributed by atoms with van der Waals surface area (Å²) in [5.74, 6) is 1.60. The van der Waals surface area contributed by atoms with Gasteiger partial charge in [-0.15, -0.1) is 24.8 Å². The molecule has 4 heterocycles. The average Bonchev–Trinajstić information content (AvgIpc) is 3.17. The summed E-state index contributed by atoms with van der Waals surface area (Å²) in [6, 6.07) is 8.00. The molecule has 28 heavy (non-hydrogen) atoms. The predicted octanol–water partition coefficient (Wildman–Crippen LogP) is 1.94. The molecule has 0 aliphatic carbocycles. The average molecular weight is 427 g/mol. The zero-order valence-corrected chi connectivity index (χ0v) is 17.5. The van der Waals surface area contributed by atoms with Gasteiger partial charge in [-0.25, -0.2) is 4.98 Å². The second-order valence-corrected chi connectivity index (χ2v) is 7.01. The van der Waals surface area contributed by atoms with Gasteiger partial charge in [0.15, 0.2) is 0 Å². The Morgan fingerprint density at radius 1 is 1.11 bits per heavy atom. The summed E-state index contributed by atoms with van der Waals surface area (Å²) in [4.78, 5) is 21.3. The Balaban J connectivity index is 0.00000140. The highest BCUT2D eigenvalue weighted by Crippen LogP contribution is 2.23. The molecule has 2 fully saturated rings. The van der Waals surface area contributed by atoms with Crippen molar-refractivity contribution in [1.82, 2.24) is 25.0 Å². The molecule has 9 heteroatoms. The van der Waals surface area contributed by atoms with Crippen LogP contribution in [0.5, 0.6) is 0 Å². The third kappa shape index (κ3) is 5.16. The van der Waals surface area contributed by atoms with E-state index in [1.165, 1.54) is 12.1 Å². The highest BCUT2D eigenvalue weighted by molar-refractivity contribution is 5.85. The fraction of sp³-hybridized carbons (Fsp3) is 0.526. The third-order valence-corrected chi connectivity index (χ3v) is 5.36. The Kier molecular flexibility index (Phi) is 8.54. The van der Waals surface area contributed by atoms with Crippen LogP contribution in [0.15, 0.2) is 36.7 Å². The van der Waals surface area contributed by atoms with Crippen LogP contribution in [-0.4, -0.2) is 64.8 Å². The second-order valence-electron chi connectivity index (χ2n) is 7.01. The summed E-state index contributed by atoms with van der Waals surface area (Å²) in [7, 11) is 0. The van der Waals surface area contributed by atoms with Crippen molar-refractivity contribution in [3.05, 3.63) is 42.4 Å². The van der Waals surface area contributed by atoms with Crippen LogP contribution < -0.4 is 10.2 Å². The molecular formula is C19H28Cl2N6O. The van der Waals surface area contributed by atoms with Gasteiger partial charge in [0.2, 0.25) is 5.91 Å². The van der Waals surface area contributed by atoms with Crippen molar-refractivity contribution in [2.75, 3.05) is 44.2 Å². The lowest BCUT2D eigenvalue weighted by Gasteiger charge is -2.35. The van der Waals surface area contributed by atoms with Crippen molar-refractivity contribution in [3.8, 4) is 0 Å². The van der Waals surface area contributed by atoms with Crippen LogP contribution in [0, 0.1) is 0 Å². The molecule has 1 amide bonds. The Bertz CT molecular complexity index is 727. The normalized spacial score (nSPS) is 19.5. The van der Waals surface area contributed by atoms with E-state index in [1.807, 2.05) is 40.2 Å². The predicted molar refractivity (Wildman–Crippen MR) is 115 cm³/mol. The maximum Gasteiger partial charge on any atom is 0.244 e. The fourth-order valence-electron chi connectivity index (χ4n) is 3.88. The van der Waals surface area contributed by atoms with Gasteiger partial charge >= 0.3 is 0 Å². The minimum Gasteiger partial charge on any atom is -0.353 e. The first kappa shape index (κ1) is 22.5. The van der Waals surface area contributed by atoms with Gasteiger partial charge < -0.3 is 15.1 Å². The summed E-state index contributed by atoms with van der Waals surface area (Å²) in [5, 5.41) is 7.85. The lowest BCUT2D eigenvalue weighted by molar-refractivity contribution is -0.132. The monoisotopic (exact) mass is 426 g/mol. The molecule has 2 aromatic rings. The zero-order valence-electron chi connectivity index (χ0n) is 15.9. The Morgan fingerprint density at radius 2 is 1.93 bits per heavy atom. The highest BCUT2D eigenvalue weighted by atomic mass is 35.5. The summed E-state index contributed by atoms with van der Waals surface area (Å²) < 4.78 is 1.89. The minimum atomic E-state index is 0. The molecule has 2 aromatic heterocycles. The quantitative estimate of drug-likeness (QED) is 0.808. The van der Waals surface area contributed by atoms with Gasteiger partial charge in [-0.05, 0) is 37.6 Å². The van der Waals surface area contributed by atoms with Crippen LogP contribution in [0.2, 0.25) is 0 Å². The van der Waals surface area contributed by atoms with Gasteiger partial charge in [0.1, 0.15) is 12.4 Å².